The standard InChI is InChI=1S/C15H18O9.3C15H16O9/c4*1-8(16)2-4-12(19)23-9-6-21-15-10(7-22-14(9)15)24-13(20)5-3-11(17)18/h2,4,9-10,14-15H,3,5-7H2,1H3,(H,17,18);2*2-5,9-10,14-15H,6-7H2,1H3,(H,17,18);2-5,9-10,14-16H,1,6-7H2,(H,17,18)/b4-2+;4-2+,5-3+;4-2+,5-3-;4-2-,5-3-/t3*9-,10+,14+,15+;9-,10-,14-,15-/m0001/s1. The van der Waals surface area contributed by atoms with E-state index in [0.717, 1.165) is 66.8 Å². The lowest BCUT2D eigenvalue weighted by molar-refractivity contribution is -0.156. The van der Waals surface area contributed by atoms with E-state index in [0.29, 0.717) is 18.2 Å². The third-order valence-electron chi connectivity index (χ3n) is 13.4. The second kappa shape index (κ2) is 37.8. The molecule has 0 aromatic heterocycles. The highest BCUT2D eigenvalue weighted by Crippen LogP contribution is 2.34. The monoisotopic (exact) mass is 1360 g/mol. The van der Waals surface area contributed by atoms with Crippen molar-refractivity contribution in [1.29, 1.82) is 0 Å². The van der Waals surface area contributed by atoms with Gasteiger partial charge in [0.1, 0.15) is 54.6 Å². The second-order valence-corrected chi connectivity index (χ2v) is 20.8. The lowest BCUT2D eigenvalue weighted by Crippen LogP contribution is -2.35. The number of ketones is 3. The summed E-state index contributed by atoms with van der Waals surface area (Å²) < 4.78 is 84.6. The number of allylic oxidation sites excluding steroid dienone is 4. The number of carboxylic acids is 4. The van der Waals surface area contributed by atoms with E-state index in [9.17, 15) is 71.9 Å². The van der Waals surface area contributed by atoms with Crippen molar-refractivity contribution in [3.05, 3.63) is 97.4 Å². The first-order valence-corrected chi connectivity index (χ1v) is 28.6. The minimum absolute atomic E-state index is 0.0410. The van der Waals surface area contributed by atoms with E-state index in [-0.39, 0.29) is 88.8 Å². The number of aliphatic carboxylic acids is 4. The molecule has 0 spiro atoms. The molecule has 36 nitrogen and oxygen atoms in total. The Labute approximate surface area is 542 Å². The summed E-state index contributed by atoms with van der Waals surface area (Å²) in [5.41, 5.74) is 0. The van der Waals surface area contributed by atoms with Gasteiger partial charge in [-0.3, -0.25) is 24.0 Å². The summed E-state index contributed by atoms with van der Waals surface area (Å²) in [5.74, 6) is -12.0. The Hall–Kier alpha value is -9.95. The van der Waals surface area contributed by atoms with Crippen LogP contribution in [0.2, 0.25) is 0 Å². The third-order valence-corrected chi connectivity index (χ3v) is 13.4. The van der Waals surface area contributed by atoms with Gasteiger partial charge in [-0.2, -0.15) is 0 Å². The van der Waals surface area contributed by atoms with Gasteiger partial charge in [0.2, 0.25) is 0 Å². The van der Waals surface area contributed by atoms with Crippen LogP contribution in [-0.4, -0.2) is 265 Å². The van der Waals surface area contributed by atoms with Crippen LogP contribution in [0.25, 0.3) is 0 Å². The van der Waals surface area contributed by atoms with Crippen LogP contribution in [0, 0.1) is 0 Å². The molecule has 8 heterocycles. The first-order chi connectivity index (χ1) is 45.5. The fourth-order valence-corrected chi connectivity index (χ4v) is 9.42. The summed E-state index contributed by atoms with van der Waals surface area (Å²) in [6.07, 6.45) is 1.89. The number of carbonyl (C=O) groups is 15. The van der Waals surface area contributed by atoms with Gasteiger partial charge < -0.3 is 101 Å². The van der Waals surface area contributed by atoms with Crippen molar-refractivity contribution in [1.82, 2.24) is 0 Å². The molecular formula is C60H66O36. The number of rotatable bonds is 25. The SMILES string of the molecule is C=C(O)/C=C\C(=O)O[C@@H]1CO[C@H]2[C@@H]1OC[C@H]2OC(=O)/C=C\C(=O)O.CC(=O)/C=C/C(=O)O[C@H]1CO[C@H]2[C@@H]1OC[C@H]2OC(=O)/C=C/C(=O)O.CC(=O)/C=C/C(=O)O[C@H]1CO[C@H]2[C@@H]1OC[C@H]2OC(=O)/C=C\C(=O)O.CC(=O)/C=C/C(=O)O[C@H]1CO[C@H]2[C@@H]1OC[C@H]2OC(=O)CCC(=O)O. The molecule has 8 aliphatic heterocycles. The van der Waals surface area contributed by atoms with E-state index >= 15 is 0 Å². The molecule has 0 unspecified atom stereocenters. The highest BCUT2D eigenvalue weighted by atomic mass is 16.7. The van der Waals surface area contributed by atoms with Crippen LogP contribution < -0.4 is 0 Å². The van der Waals surface area contributed by atoms with Crippen LogP contribution in [0.15, 0.2) is 97.4 Å². The largest absolute Gasteiger partial charge is 0.509 e. The Morgan fingerprint density at radius 1 is 0.292 bits per heavy atom. The van der Waals surface area contributed by atoms with Crippen molar-refractivity contribution < 1.29 is 173 Å². The highest BCUT2D eigenvalue weighted by Gasteiger charge is 2.54. The van der Waals surface area contributed by atoms with E-state index in [1.807, 2.05) is 0 Å². The average molecular weight is 1360 g/mol. The molecule has 8 aliphatic rings. The van der Waals surface area contributed by atoms with Crippen molar-refractivity contribution >= 4 is 89.0 Å². The van der Waals surface area contributed by atoms with Gasteiger partial charge in [0.15, 0.2) is 66.2 Å². The third kappa shape index (κ3) is 25.7. The molecule has 0 aliphatic carbocycles. The smallest absolute Gasteiger partial charge is 0.331 e. The summed E-state index contributed by atoms with van der Waals surface area (Å²) in [5, 5.41) is 42.8. The van der Waals surface area contributed by atoms with Crippen molar-refractivity contribution in [3.63, 3.8) is 0 Å². The molecule has 8 saturated heterocycles. The number of fused-ring (bicyclic) bond motifs is 4. The zero-order chi connectivity index (χ0) is 70.8. The van der Waals surface area contributed by atoms with Crippen molar-refractivity contribution in [2.24, 2.45) is 0 Å². The van der Waals surface area contributed by atoms with Gasteiger partial charge in [-0.1, -0.05) is 6.58 Å². The van der Waals surface area contributed by atoms with E-state index in [2.05, 4.69) is 6.58 Å². The molecule has 36 heteroatoms. The minimum Gasteiger partial charge on any atom is -0.509 e. The number of aliphatic hydroxyl groups is 1. The second-order valence-electron chi connectivity index (χ2n) is 20.8. The number of ether oxygens (including phenoxy) is 16. The van der Waals surface area contributed by atoms with Gasteiger partial charge in [0.05, 0.1) is 65.7 Å². The topological polar surface area (TPSA) is 505 Å². The molecule has 16 atom stereocenters. The van der Waals surface area contributed by atoms with Gasteiger partial charge in [0, 0.05) is 60.8 Å². The quantitative estimate of drug-likeness (QED) is 0.0223. The summed E-state index contributed by atoms with van der Waals surface area (Å²) in [6.45, 7) is 7.58. The van der Waals surface area contributed by atoms with E-state index in [4.69, 9.17) is 101 Å². The van der Waals surface area contributed by atoms with Gasteiger partial charge >= 0.3 is 71.6 Å². The zero-order valence-corrected chi connectivity index (χ0v) is 51.0. The molecule has 0 saturated carbocycles. The van der Waals surface area contributed by atoms with Crippen molar-refractivity contribution in [2.45, 2.75) is 131 Å². The van der Waals surface area contributed by atoms with Crippen LogP contribution in [-0.2, 0) is 148 Å². The van der Waals surface area contributed by atoms with Gasteiger partial charge in [0.25, 0.3) is 0 Å². The summed E-state index contributed by atoms with van der Waals surface area (Å²) >= 11 is 0. The Balaban J connectivity index is 0.000000231. The molecular weight excluding hydrogens is 1300 g/mol. The summed E-state index contributed by atoms with van der Waals surface area (Å²) in [7, 11) is 0. The predicted molar refractivity (Wildman–Crippen MR) is 305 cm³/mol. The maximum Gasteiger partial charge on any atom is 0.331 e. The molecule has 8 rings (SSSR count). The molecule has 96 heavy (non-hydrogen) atoms. The Bertz CT molecular complexity index is 2740. The fraction of sp³-hybridized carbons (Fsp3) is 0.483. The molecule has 8 fully saturated rings. The molecule has 0 radical (unpaired) electrons. The lowest BCUT2D eigenvalue weighted by Gasteiger charge is -2.16. The molecule has 5 N–H and O–H groups in total. The molecule has 0 amide bonds. The Morgan fingerprint density at radius 3 is 0.656 bits per heavy atom. The number of hydrogen-bond donors (Lipinski definition) is 5. The average Bonchev–Trinajstić information content (AvgIpc) is 1.68. The maximum absolute atomic E-state index is 11.6. The first-order valence-electron chi connectivity index (χ1n) is 28.6. The van der Waals surface area contributed by atoms with E-state index in [1.165, 1.54) is 20.8 Å². The molecule has 0 bridgehead atoms. The number of carbonyl (C=O) groups excluding carboxylic acids is 11. The van der Waals surface area contributed by atoms with Gasteiger partial charge in [-0.05, 0) is 45.1 Å². The number of carboxylic acid groups (broad SMARTS) is 4. The summed E-state index contributed by atoms with van der Waals surface area (Å²) in [6, 6.07) is 0. The van der Waals surface area contributed by atoms with Crippen LogP contribution in [0.5, 0.6) is 0 Å². The highest BCUT2D eigenvalue weighted by molar-refractivity contribution is 5.96. The molecule has 522 valence electrons. The van der Waals surface area contributed by atoms with Crippen LogP contribution >= 0.6 is 0 Å². The van der Waals surface area contributed by atoms with Crippen LogP contribution in [0.1, 0.15) is 33.6 Å². The molecule has 0 aromatic rings. The van der Waals surface area contributed by atoms with E-state index < -0.39 is 169 Å². The van der Waals surface area contributed by atoms with Crippen LogP contribution in [0.3, 0.4) is 0 Å². The van der Waals surface area contributed by atoms with Gasteiger partial charge in [-0.15, -0.1) is 0 Å². The lowest BCUT2D eigenvalue weighted by atomic mass is 10.1. The maximum atomic E-state index is 11.6. The van der Waals surface area contributed by atoms with Gasteiger partial charge in [-0.25, -0.2) is 47.9 Å². The minimum atomic E-state index is -1.27. The number of aliphatic hydroxyl groups excluding tert-OH is 1. The van der Waals surface area contributed by atoms with Crippen LogP contribution in [0.4, 0.5) is 0 Å². The Morgan fingerprint density at radius 2 is 0.479 bits per heavy atom. The predicted octanol–water partition coefficient (Wildman–Crippen LogP) is -1.72. The summed E-state index contributed by atoms with van der Waals surface area (Å²) in [4.78, 5) is 166. The number of esters is 8. The molecule has 0 aromatic carbocycles. The normalized spacial score (nSPS) is 28.8. The van der Waals surface area contributed by atoms with Crippen molar-refractivity contribution in [3.8, 4) is 0 Å². The zero-order valence-electron chi connectivity index (χ0n) is 51.0. The fourth-order valence-electron chi connectivity index (χ4n) is 9.42. The van der Waals surface area contributed by atoms with E-state index in [1.54, 1.807) is 0 Å². The first kappa shape index (κ1) is 76.8. The van der Waals surface area contributed by atoms with Crippen molar-refractivity contribution in [2.75, 3.05) is 52.9 Å². The Kier molecular flexibility index (Phi) is 30.2. The number of hydrogen-bond acceptors (Lipinski definition) is 32.